The Bertz CT molecular complexity index is 555. The van der Waals surface area contributed by atoms with Crippen LogP contribution in [0.3, 0.4) is 0 Å². The van der Waals surface area contributed by atoms with Crippen molar-refractivity contribution in [3.8, 4) is 11.5 Å². The second-order valence-corrected chi connectivity index (χ2v) is 4.58. The van der Waals surface area contributed by atoms with Crippen molar-refractivity contribution < 1.29 is 13.5 Å². The van der Waals surface area contributed by atoms with E-state index in [2.05, 4.69) is 15.9 Å². The molecular formula is C13H10BrF2NO. The first-order valence-corrected chi connectivity index (χ1v) is 6.00. The summed E-state index contributed by atoms with van der Waals surface area (Å²) in [6.07, 6.45) is 0. The minimum atomic E-state index is -0.684. The molecule has 18 heavy (non-hydrogen) atoms. The van der Waals surface area contributed by atoms with E-state index in [9.17, 15) is 8.78 Å². The van der Waals surface area contributed by atoms with Crippen LogP contribution < -0.4 is 10.5 Å². The van der Waals surface area contributed by atoms with Gasteiger partial charge in [0, 0.05) is 34.8 Å². The summed E-state index contributed by atoms with van der Waals surface area (Å²) < 4.78 is 32.3. The summed E-state index contributed by atoms with van der Waals surface area (Å²) in [5.41, 5.74) is 6.33. The van der Waals surface area contributed by atoms with Crippen LogP contribution in [0.5, 0.6) is 11.5 Å². The van der Waals surface area contributed by atoms with Gasteiger partial charge in [-0.2, -0.15) is 0 Å². The van der Waals surface area contributed by atoms with Crippen LogP contribution in [0.15, 0.2) is 40.9 Å². The van der Waals surface area contributed by atoms with Gasteiger partial charge in [-0.15, -0.1) is 0 Å². The van der Waals surface area contributed by atoms with Crippen LogP contribution >= 0.6 is 15.9 Å². The summed E-state index contributed by atoms with van der Waals surface area (Å²) >= 11 is 3.31. The molecule has 0 saturated carbocycles. The van der Waals surface area contributed by atoms with Crippen LogP contribution in [0, 0.1) is 11.6 Å². The van der Waals surface area contributed by atoms with Gasteiger partial charge in [0.2, 0.25) is 0 Å². The van der Waals surface area contributed by atoms with Crippen LogP contribution in [-0.2, 0) is 6.54 Å². The van der Waals surface area contributed by atoms with E-state index in [-0.39, 0.29) is 12.3 Å². The summed E-state index contributed by atoms with van der Waals surface area (Å²) in [6, 6.07) is 8.28. The van der Waals surface area contributed by atoms with Crippen molar-refractivity contribution in [2.24, 2.45) is 5.73 Å². The number of hydrogen-bond donors (Lipinski definition) is 1. The molecule has 94 valence electrons. The molecule has 2 rings (SSSR count). The Labute approximate surface area is 112 Å². The molecule has 0 atom stereocenters. The molecule has 0 unspecified atom stereocenters. The minimum absolute atomic E-state index is 0.101. The largest absolute Gasteiger partial charge is 0.457 e. The monoisotopic (exact) mass is 313 g/mol. The van der Waals surface area contributed by atoms with E-state index in [4.69, 9.17) is 10.5 Å². The highest BCUT2D eigenvalue weighted by Gasteiger charge is 2.07. The maximum atomic E-state index is 13.0. The van der Waals surface area contributed by atoms with Crippen LogP contribution in [0.25, 0.3) is 0 Å². The zero-order chi connectivity index (χ0) is 13.1. The van der Waals surface area contributed by atoms with Gasteiger partial charge in [0.25, 0.3) is 0 Å². The molecular weight excluding hydrogens is 304 g/mol. The lowest BCUT2D eigenvalue weighted by atomic mass is 10.2. The Morgan fingerprint density at radius 2 is 1.72 bits per heavy atom. The van der Waals surface area contributed by atoms with Crippen LogP contribution in [0.1, 0.15) is 5.56 Å². The first-order valence-electron chi connectivity index (χ1n) is 5.21. The fourth-order valence-electron chi connectivity index (χ4n) is 1.52. The third kappa shape index (κ3) is 3.05. The number of benzene rings is 2. The fourth-order valence-corrected chi connectivity index (χ4v) is 1.93. The van der Waals surface area contributed by atoms with Crippen LogP contribution in [0.4, 0.5) is 8.78 Å². The Balaban J connectivity index is 2.33. The summed E-state index contributed by atoms with van der Waals surface area (Å²) in [4.78, 5) is 0. The number of rotatable bonds is 3. The predicted octanol–water partition coefficient (Wildman–Crippen LogP) is 3.98. The summed E-state index contributed by atoms with van der Waals surface area (Å²) in [5.74, 6) is -0.789. The van der Waals surface area contributed by atoms with Gasteiger partial charge in [0.1, 0.15) is 23.1 Å². The maximum Gasteiger partial charge on any atom is 0.133 e. The van der Waals surface area contributed by atoms with Gasteiger partial charge in [-0.05, 0) is 18.2 Å². The zero-order valence-corrected chi connectivity index (χ0v) is 10.9. The number of nitrogens with two attached hydrogens (primary N) is 1. The Morgan fingerprint density at radius 3 is 2.33 bits per heavy atom. The molecule has 5 heteroatoms. The SMILES string of the molecule is NCc1cc(Br)ccc1Oc1cc(F)cc(F)c1. The van der Waals surface area contributed by atoms with E-state index in [1.165, 1.54) is 0 Å². The average Bonchev–Trinajstić information content (AvgIpc) is 2.30. The smallest absolute Gasteiger partial charge is 0.133 e. The minimum Gasteiger partial charge on any atom is -0.457 e. The fraction of sp³-hybridized carbons (Fsp3) is 0.0769. The molecule has 0 radical (unpaired) electrons. The second-order valence-electron chi connectivity index (χ2n) is 3.66. The Hall–Kier alpha value is -1.46. The van der Waals surface area contributed by atoms with Crippen molar-refractivity contribution in [3.05, 3.63) is 58.1 Å². The van der Waals surface area contributed by atoms with Gasteiger partial charge in [0.05, 0.1) is 0 Å². The maximum absolute atomic E-state index is 13.0. The first kappa shape index (κ1) is 13.0. The molecule has 0 heterocycles. The van der Waals surface area contributed by atoms with Crippen molar-refractivity contribution in [2.45, 2.75) is 6.54 Å². The van der Waals surface area contributed by atoms with Gasteiger partial charge in [-0.1, -0.05) is 15.9 Å². The molecule has 0 aliphatic heterocycles. The van der Waals surface area contributed by atoms with E-state index in [0.717, 1.165) is 28.2 Å². The Kier molecular flexibility index (Phi) is 3.93. The van der Waals surface area contributed by atoms with Crippen molar-refractivity contribution in [2.75, 3.05) is 0 Å². The van der Waals surface area contributed by atoms with Gasteiger partial charge >= 0.3 is 0 Å². The third-order valence-electron chi connectivity index (χ3n) is 2.31. The first-order chi connectivity index (χ1) is 8.58. The normalized spacial score (nSPS) is 10.4. The van der Waals surface area contributed by atoms with E-state index in [1.54, 1.807) is 18.2 Å². The van der Waals surface area contributed by atoms with Crippen molar-refractivity contribution in [1.29, 1.82) is 0 Å². The van der Waals surface area contributed by atoms with E-state index in [0.29, 0.717) is 5.75 Å². The second kappa shape index (κ2) is 5.46. The number of halogens is 3. The van der Waals surface area contributed by atoms with Crippen LogP contribution in [-0.4, -0.2) is 0 Å². The quantitative estimate of drug-likeness (QED) is 0.930. The van der Waals surface area contributed by atoms with E-state index in [1.807, 2.05) is 0 Å². The van der Waals surface area contributed by atoms with Crippen molar-refractivity contribution in [1.82, 2.24) is 0 Å². The molecule has 2 aromatic rings. The summed E-state index contributed by atoms with van der Waals surface area (Å²) in [5, 5.41) is 0. The average molecular weight is 314 g/mol. The van der Waals surface area contributed by atoms with Crippen molar-refractivity contribution >= 4 is 15.9 Å². The molecule has 0 aromatic heterocycles. The van der Waals surface area contributed by atoms with Crippen LogP contribution in [0.2, 0.25) is 0 Å². The molecule has 0 spiro atoms. The van der Waals surface area contributed by atoms with Gasteiger partial charge < -0.3 is 10.5 Å². The van der Waals surface area contributed by atoms with Gasteiger partial charge in [-0.3, -0.25) is 0 Å². The standard InChI is InChI=1S/C13H10BrF2NO/c14-9-1-2-13(8(3-9)7-17)18-12-5-10(15)4-11(16)6-12/h1-6H,7,17H2. The molecule has 0 aliphatic carbocycles. The Morgan fingerprint density at radius 1 is 1.06 bits per heavy atom. The molecule has 0 amide bonds. The summed E-state index contributed by atoms with van der Waals surface area (Å²) in [6.45, 7) is 0.270. The van der Waals surface area contributed by atoms with Gasteiger partial charge in [0.15, 0.2) is 0 Å². The van der Waals surface area contributed by atoms with E-state index >= 15 is 0 Å². The number of hydrogen-bond acceptors (Lipinski definition) is 2. The van der Waals surface area contributed by atoms with Gasteiger partial charge in [-0.25, -0.2) is 8.78 Å². The lowest BCUT2D eigenvalue weighted by Crippen LogP contribution is -1.99. The van der Waals surface area contributed by atoms with Crippen molar-refractivity contribution in [3.63, 3.8) is 0 Å². The highest BCUT2D eigenvalue weighted by molar-refractivity contribution is 9.10. The highest BCUT2D eigenvalue weighted by Crippen LogP contribution is 2.28. The molecule has 0 aliphatic rings. The lowest BCUT2D eigenvalue weighted by molar-refractivity contribution is 0.463. The predicted molar refractivity (Wildman–Crippen MR) is 68.5 cm³/mol. The molecule has 2 N–H and O–H groups in total. The number of ether oxygens (including phenoxy) is 1. The third-order valence-corrected chi connectivity index (χ3v) is 2.80. The molecule has 0 saturated heterocycles. The molecule has 2 aromatic carbocycles. The topological polar surface area (TPSA) is 35.2 Å². The molecule has 0 bridgehead atoms. The molecule has 2 nitrogen and oxygen atoms in total. The zero-order valence-electron chi connectivity index (χ0n) is 9.29. The van der Waals surface area contributed by atoms with E-state index < -0.39 is 11.6 Å². The lowest BCUT2D eigenvalue weighted by Gasteiger charge is -2.10. The highest BCUT2D eigenvalue weighted by atomic mass is 79.9. The molecule has 0 fully saturated rings. The summed E-state index contributed by atoms with van der Waals surface area (Å²) in [7, 11) is 0.